The number of carbonyl (C=O) groups excluding carboxylic acids is 1. The molecule has 0 atom stereocenters. The van der Waals surface area contributed by atoms with Gasteiger partial charge in [-0.25, -0.2) is 8.78 Å². The fourth-order valence-electron chi connectivity index (χ4n) is 1.21. The number of ether oxygens (including phenoxy) is 1. The lowest BCUT2D eigenvalue weighted by Crippen LogP contribution is -2.21. The van der Waals surface area contributed by atoms with Gasteiger partial charge < -0.3 is 4.74 Å². The van der Waals surface area contributed by atoms with Crippen molar-refractivity contribution in [3.05, 3.63) is 35.4 Å². The number of carbonyl (C=O) groups is 1. The summed E-state index contributed by atoms with van der Waals surface area (Å²) in [6, 6.07) is 2.62. The van der Waals surface area contributed by atoms with Crippen LogP contribution in [0.2, 0.25) is 0 Å². The molecule has 100 valence electrons. The van der Waals surface area contributed by atoms with Gasteiger partial charge in [0.25, 0.3) is 0 Å². The molecule has 0 aliphatic heterocycles. The molecule has 1 aromatic rings. The van der Waals surface area contributed by atoms with E-state index in [1.54, 1.807) is 0 Å². The Kier molecular flexibility index (Phi) is 4.77. The van der Waals surface area contributed by atoms with Crippen molar-refractivity contribution in [1.82, 2.24) is 0 Å². The third-order valence-corrected chi connectivity index (χ3v) is 1.93. The first-order valence-electron chi connectivity index (χ1n) is 4.88. The number of alkyl halides is 3. The highest BCUT2D eigenvalue weighted by molar-refractivity contribution is 5.82. The lowest BCUT2D eigenvalue weighted by Gasteiger charge is -2.07. The molecule has 7 heteroatoms. The van der Waals surface area contributed by atoms with Gasteiger partial charge in [-0.3, -0.25) is 4.79 Å². The van der Waals surface area contributed by atoms with Crippen molar-refractivity contribution in [3.8, 4) is 0 Å². The summed E-state index contributed by atoms with van der Waals surface area (Å²) in [7, 11) is 0. The van der Waals surface area contributed by atoms with E-state index in [-0.39, 0.29) is 5.56 Å². The van der Waals surface area contributed by atoms with E-state index in [2.05, 4.69) is 4.74 Å². The molecule has 0 aromatic heterocycles. The van der Waals surface area contributed by atoms with Crippen LogP contribution in [0.1, 0.15) is 5.56 Å². The molecule has 18 heavy (non-hydrogen) atoms. The van der Waals surface area contributed by atoms with Crippen LogP contribution < -0.4 is 0 Å². The van der Waals surface area contributed by atoms with Crippen LogP contribution >= 0.6 is 0 Å². The van der Waals surface area contributed by atoms with Crippen molar-refractivity contribution >= 4 is 5.78 Å². The third-order valence-electron chi connectivity index (χ3n) is 1.93. The van der Waals surface area contributed by atoms with Crippen molar-refractivity contribution < 1.29 is 31.5 Å². The SMILES string of the molecule is O=C(COCC(F)(F)F)Cc1ccc(F)cc1F. The van der Waals surface area contributed by atoms with E-state index in [9.17, 15) is 26.7 Å². The monoisotopic (exact) mass is 268 g/mol. The molecular weight excluding hydrogens is 259 g/mol. The van der Waals surface area contributed by atoms with Crippen LogP contribution in [0.5, 0.6) is 0 Å². The van der Waals surface area contributed by atoms with Crippen LogP contribution in [-0.2, 0) is 16.0 Å². The molecule has 0 saturated carbocycles. The minimum absolute atomic E-state index is 0.0861. The highest BCUT2D eigenvalue weighted by atomic mass is 19.4. The minimum Gasteiger partial charge on any atom is -0.364 e. The number of rotatable bonds is 5. The summed E-state index contributed by atoms with van der Waals surface area (Å²) in [4.78, 5) is 11.2. The number of benzene rings is 1. The molecule has 0 fully saturated rings. The van der Waals surface area contributed by atoms with Crippen molar-refractivity contribution in [2.45, 2.75) is 12.6 Å². The molecular formula is C11H9F5O2. The van der Waals surface area contributed by atoms with Crippen molar-refractivity contribution in [1.29, 1.82) is 0 Å². The molecule has 0 aliphatic rings. The van der Waals surface area contributed by atoms with E-state index in [0.29, 0.717) is 6.07 Å². The first-order chi connectivity index (χ1) is 8.28. The molecule has 0 heterocycles. The van der Waals surface area contributed by atoms with Crippen LogP contribution in [0.15, 0.2) is 18.2 Å². The molecule has 0 saturated heterocycles. The Morgan fingerprint density at radius 2 is 1.89 bits per heavy atom. The van der Waals surface area contributed by atoms with Gasteiger partial charge in [0.05, 0.1) is 0 Å². The Morgan fingerprint density at radius 3 is 2.44 bits per heavy atom. The smallest absolute Gasteiger partial charge is 0.364 e. The molecule has 0 bridgehead atoms. The first kappa shape index (κ1) is 14.6. The zero-order valence-electron chi connectivity index (χ0n) is 9.06. The summed E-state index contributed by atoms with van der Waals surface area (Å²) in [5.74, 6) is -2.43. The third kappa shape index (κ3) is 5.22. The van der Waals surface area contributed by atoms with Crippen LogP contribution in [0, 0.1) is 11.6 Å². The molecule has 0 unspecified atom stereocenters. The summed E-state index contributed by atoms with van der Waals surface area (Å²) in [6.07, 6.45) is -4.95. The van der Waals surface area contributed by atoms with Gasteiger partial charge in [-0.1, -0.05) is 6.07 Å². The van der Waals surface area contributed by atoms with Crippen LogP contribution in [0.4, 0.5) is 22.0 Å². The first-order valence-corrected chi connectivity index (χ1v) is 4.88. The maximum atomic E-state index is 13.1. The fraction of sp³-hybridized carbons (Fsp3) is 0.364. The Morgan fingerprint density at radius 1 is 1.22 bits per heavy atom. The predicted molar refractivity (Wildman–Crippen MR) is 51.9 cm³/mol. The lowest BCUT2D eigenvalue weighted by atomic mass is 10.1. The van der Waals surface area contributed by atoms with Gasteiger partial charge in [-0.15, -0.1) is 0 Å². The number of hydrogen-bond donors (Lipinski definition) is 0. The van der Waals surface area contributed by atoms with E-state index < -0.39 is 43.2 Å². The van der Waals surface area contributed by atoms with Crippen molar-refractivity contribution in [2.24, 2.45) is 0 Å². The van der Waals surface area contributed by atoms with E-state index in [1.165, 1.54) is 0 Å². The van der Waals surface area contributed by atoms with Gasteiger partial charge in [-0.2, -0.15) is 13.2 Å². The normalized spacial score (nSPS) is 11.6. The molecule has 1 aromatic carbocycles. The van der Waals surface area contributed by atoms with Gasteiger partial charge in [0.2, 0.25) is 0 Å². The lowest BCUT2D eigenvalue weighted by molar-refractivity contribution is -0.175. The number of halogens is 5. The topological polar surface area (TPSA) is 26.3 Å². The highest BCUT2D eigenvalue weighted by Gasteiger charge is 2.27. The molecule has 0 radical (unpaired) electrons. The Labute approximate surface area is 99.4 Å². The van der Waals surface area contributed by atoms with Gasteiger partial charge in [0.15, 0.2) is 5.78 Å². The summed E-state index contributed by atoms with van der Waals surface area (Å²) in [5.41, 5.74) is -0.0861. The second-order valence-corrected chi connectivity index (χ2v) is 3.56. The van der Waals surface area contributed by atoms with E-state index >= 15 is 0 Å². The molecule has 0 spiro atoms. The summed E-state index contributed by atoms with van der Waals surface area (Å²) >= 11 is 0. The number of hydrogen-bond acceptors (Lipinski definition) is 2. The van der Waals surface area contributed by atoms with E-state index in [0.717, 1.165) is 12.1 Å². The molecule has 0 N–H and O–H groups in total. The van der Waals surface area contributed by atoms with Gasteiger partial charge in [0, 0.05) is 12.5 Å². The Balaban J connectivity index is 2.45. The predicted octanol–water partition coefficient (Wildman–Crippen LogP) is 2.66. The number of ketones is 1. The average molecular weight is 268 g/mol. The van der Waals surface area contributed by atoms with E-state index in [4.69, 9.17) is 0 Å². The minimum atomic E-state index is -4.51. The quantitative estimate of drug-likeness (QED) is 0.767. The maximum Gasteiger partial charge on any atom is 0.411 e. The summed E-state index contributed by atoms with van der Waals surface area (Å²) < 4.78 is 64.9. The van der Waals surface area contributed by atoms with Crippen LogP contribution in [0.25, 0.3) is 0 Å². The second-order valence-electron chi connectivity index (χ2n) is 3.56. The Hall–Kier alpha value is -1.50. The summed E-state index contributed by atoms with van der Waals surface area (Å²) in [5, 5.41) is 0. The van der Waals surface area contributed by atoms with Gasteiger partial charge in [-0.05, 0) is 11.6 Å². The zero-order valence-corrected chi connectivity index (χ0v) is 9.06. The van der Waals surface area contributed by atoms with Gasteiger partial charge >= 0.3 is 6.18 Å². The van der Waals surface area contributed by atoms with Crippen molar-refractivity contribution in [3.63, 3.8) is 0 Å². The second kappa shape index (κ2) is 5.90. The number of Topliss-reactive ketones (excluding diaryl/α,β-unsaturated/α-hetero) is 1. The fourth-order valence-corrected chi connectivity index (χ4v) is 1.21. The van der Waals surface area contributed by atoms with Gasteiger partial charge in [0.1, 0.15) is 24.8 Å². The van der Waals surface area contributed by atoms with Crippen LogP contribution in [-0.4, -0.2) is 25.2 Å². The van der Waals surface area contributed by atoms with Crippen molar-refractivity contribution in [2.75, 3.05) is 13.2 Å². The zero-order chi connectivity index (χ0) is 13.8. The Bertz CT molecular complexity index is 428. The molecule has 2 nitrogen and oxygen atoms in total. The largest absolute Gasteiger partial charge is 0.411 e. The summed E-state index contributed by atoms with van der Waals surface area (Å²) in [6.45, 7) is -2.30. The van der Waals surface area contributed by atoms with Crippen LogP contribution in [0.3, 0.4) is 0 Å². The molecule has 0 aliphatic carbocycles. The average Bonchev–Trinajstić information content (AvgIpc) is 2.20. The maximum absolute atomic E-state index is 13.1. The standard InChI is InChI=1S/C11H9F5O2/c12-8-2-1-7(10(13)4-8)3-9(17)5-18-6-11(14,15)16/h1-2,4H,3,5-6H2. The molecule has 1 rings (SSSR count). The highest BCUT2D eigenvalue weighted by Crippen LogP contribution is 2.15. The molecule has 0 amide bonds. The van der Waals surface area contributed by atoms with E-state index in [1.807, 2.05) is 0 Å².